The van der Waals surface area contributed by atoms with Crippen molar-refractivity contribution in [3.8, 4) is 0 Å². The van der Waals surface area contributed by atoms with Crippen LogP contribution < -0.4 is 16.4 Å². The third-order valence-electron chi connectivity index (χ3n) is 6.48. The highest BCUT2D eigenvalue weighted by atomic mass is 19.1. The zero-order valence-electron chi connectivity index (χ0n) is 18.5. The van der Waals surface area contributed by atoms with E-state index in [-0.39, 0.29) is 17.9 Å². The van der Waals surface area contributed by atoms with Crippen molar-refractivity contribution >= 4 is 17.5 Å². The van der Waals surface area contributed by atoms with Crippen molar-refractivity contribution in [1.29, 1.82) is 0 Å². The summed E-state index contributed by atoms with van der Waals surface area (Å²) in [4.78, 5) is 25.4. The Bertz CT molecular complexity index is 704. The second-order valence-electron chi connectivity index (χ2n) is 8.93. The molecule has 0 aliphatic carbocycles. The number of anilines is 1. The third kappa shape index (κ3) is 7.58. The molecule has 31 heavy (non-hydrogen) atoms. The molecular formula is C24H37FN4O2. The lowest BCUT2D eigenvalue weighted by atomic mass is 9.89. The van der Waals surface area contributed by atoms with Crippen molar-refractivity contribution < 1.29 is 14.0 Å². The largest absolute Gasteiger partial charge is 0.374 e. The molecule has 2 aliphatic rings. The maximum Gasteiger partial charge on any atom is 0.249 e. The van der Waals surface area contributed by atoms with E-state index in [1.54, 1.807) is 0 Å². The van der Waals surface area contributed by atoms with Gasteiger partial charge in [0.15, 0.2) is 0 Å². The molecule has 0 spiro atoms. The van der Waals surface area contributed by atoms with E-state index in [9.17, 15) is 14.0 Å². The van der Waals surface area contributed by atoms with Crippen molar-refractivity contribution in [2.75, 3.05) is 31.5 Å². The SMILES string of the molecule is NCCCCCCC(F)CN1CCC(c2ccc(NC3CCC(=O)NC3=O)cc2)CC1. The first-order chi connectivity index (χ1) is 15.0. The summed E-state index contributed by atoms with van der Waals surface area (Å²) in [7, 11) is 0. The van der Waals surface area contributed by atoms with Crippen molar-refractivity contribution in [3.63, 3.8) is 0 Å². The minimum absolute atomic E-state index is 0.202. The van der Waals surface area contributed by atoms with Gasteiger partial charge in [-0.3, -0.25) is 14.9 Å². The molecule has 0 radical (unpaired) electrons. The minimum Gasteiger partial charge on any atom is -0.374 e. The summed E-state index contributed by atoms with van der Waals surface area (Å²) in [5.41, 5.74) is 7.68. The predicted octanol–water partition coefficient (Wildman–Crippen LogP) is 3.33. The molecule has 7 heteroatoms. The van der Waals surface area contributed by atoms with E-state index in [1.807, 2.05) is 12.1 Å². The number of piperidine rings is 2. The number of unbranched alkanes of at least 4 members (excludes halogenated alkanes) is 3. The van der Waals surface area contributed by atoms with Gasteiger partial charge in [-0.1, -0.05) is 31.4 Å². The summed E-state index contributed by atoms with van der Waals surface area (Å²) in [6.07, 6.45) is 7.09. The highest BCUT2D eigenvalue weighted by Gasteiger charge is 2.26. The fraction of sp³-hybridized carbons (Fsp3) is 0.667. The molecule has 2 unspecified atom stereocenters. The quantitative estimate of drug-likeness (QED) is 0.369. The Kier molecular flexibility index (Phi) is 9.28. The molecule has 2 saturated heterocycles. The van der Waals surface area contributed by atoms with Gasteiger partial charge in [0, 0.05) is 18.7 Å². The van der Waals surface area contributed by atoms with Crippen LogP contribution in [0.1, 0.15) is 69.3 Å². The van der Waals surface area contributed by atoms with Crippen LogP contribution in [0.15, 0.2) is 24.3 Å². The van der Waals surface area contributed by atoms with Gasteiger partial charge >= 0.3 is 0 Å². The van der Waals surface area contributed by atoms with E-state index in [0.29, 0.717) is 31.7 Å². The van der Waals surface area contributed by atoms with Crippen molar-refractivity contribution in [3.05, 3.63) is 29.8 Å². The number of amides is 2. The first-order valence-electron chi connectivity index (χ1n) is 11.8. The summed E-state index contributed by atoms with van der Waals surface area (Å²) < 4.78 is 14.3. The van der Waals surface area contributed by atoms with Gasteiger partial charge in [-0.05, 0) is 75.4 Å². The summed E-state index contributed by atoms with van der Waals surface area (Å²) in [5.74, 6) is 0.0379. The average Bonchev–Trinajstić information content (AvgIpc) is 2.77. The minimum atomic E-state index is -0.730. The molecule has 2 atom stereocenters. The van der Waals surface area contributed by atoms with Gasteiger partial charge in [0.05, 0.1) is 0 Å². The number of hydrogen-bond acceptors (Lipinski definition) is 5. The van der Waals surface area contributed by atoms with Crippen molar-refractivity contribution in [2.45, 2.75) is 75.9 Å². The topological polar surface area (TPSA) is 87.5 Å². The lowest BCUT2D eigenvalue weighted by Crippen LogP contribution is -2.47. The lowest BCUT2D eigenvalue weighted by molar-refractivity contribution is -0.133. The van der Waals surface area contributed by atoms with Gasteiger partial charge < -0.3 is 16.0 Å². The summed E-state index contributed by atoms with van der Waals surface area (Å²) in [6.45, 7) is 3.16. The lowest BCUT2D eigenvalue weighted by Gasteiger charge is -2.33. The van der Waals surface area contributed by atoms with Crippen LogP contribution in [0, 0.1) is 0 Å². The van der Waals surface area contributed by atoms with Gasteiger partial charge in [0.2, 0.25) is 11.8 Å². The zero-order valence-corrected chi connectivity index (χ0v) is 18.5. The molecule has 172 valence electrons. The van der Waals surface area contributed by atoms with E-state index >= 15 is 0 Å². The number of nitrogens with two attached hydrogens (primary N) is 1. The Hall–Kier alpha value is -1.99. The third-order valence-corrected chi connectivity index (χ3v) is 6.48. The van der Waals surface area contributed by atoms with Crippen molar-refractivity contribution in [1.82, 2.24) is 10.2 Å². The number of rotatable bonds is 11. The first-order valence-corrected chi connectivity index (χ1v) is 11.8. The van der Waals surface area contributed by atoms with Crippen LogP contribution in [0.4, 0.5) is 10.1 Å². The average molecular weight is 433 g/mol. The molecule has 0 aromatic heterocycles. The molecule has 0 saturated carbocycles. The molecule has 0 bridgehead atoms. The number of carbonyl (C=O) groups excluding carboxylic acids is 2. The van der Waals surface area contributed by atoms with Crippen LogP contribution in [0.5, 0.6) is 0 Å². The van der Waals surface area contributed by atoms with E-state index in [2.05, 4.69) is 27.7 Å². The Morgan fingerprint density at radius 3 is 2.45 bits per heavy atom. The van der Waals surface area contributed by atoms with Gasteiger partial charge in [-0.15, -0.1) is 0 Å². The van der Waals surface area contributed by atoms with E-state index < -0.39 is 6.17 Å². The number of nitrogens with one attached hydrogen (secondary N) is 2. The summed E-state index contributed by atoms with van der Waals surface area (Å²) in [5, 5.41) is 5.59. The van der Waals surface area contributed by atoms with Gasteiger partial charge in [0.25, 0.3) is 0 Å². The number of nitrogens with zero attached hydrogens (tertiary/aromatic N) is 1. The monoisotopic (exact) mass is 432 g/mol. The number of imide groups is 1. The van der Waals surface area contributed by atoms with Gasteiger partial charge in [-0.2, -0.15) is 0 Å². The molecule has 6 nitrogen and oxygen atoms in total. The number of benzene rings is 1. The molecule has 2 amide bonds. The van der Waals surface area contributed by atoms with Crippen LogP contribution in [-0.2, 0) is 9.59 Å². The fourth-order valence-electron chi connectivity index (χ4n) is 4.57. The second kappa shape index (κ2) is 12.2. The molecule has 2 fully saturated rings. The van der Waals surface area contributed by atoms with Crippen LogP contribution >= 0.6 is 0 Å². The van der Waals surface area contributed by atoms with Crippen LogP contribution in [0.2, 0.25) is 0 Å². The Morgan fingerprint density at radius 2 is 1.77 bits per heavy atom. The zero-order chi connectivity index (χ0) is 22.1. The molecule has 1 aromatic carbocycles. The summed E-state index contributed by atoms with van der Waals surface area (Å²) in [6, 6.07) is 7.89. The fourth-order valence-corrected chi connectivity index (χ4v) is 4.57. The standard InChI is InChI=1S/C24H37FN4O2/c25-20(5-3-1-2-4-14-26)17-29-15-12-19(13-16-29)18-6-8-21(9-7-18)27-22-10-11-23(30)28-24(22)31/h6-9,19-20,22,27H,1-5,10-17,26H2,(H,28,30,31). The molecule has 2 heterocycles. The van der Waals surface area contributed by atoms with E-state index in [1.165, 1.54) is 5.56 Å². The van der Waals surface area contributed by atoms with Crippen molar-refractivity contribution in [2.24, 2.45) is 5.73 Å². The summed E-state index contributed by atoms with van der Waals surface area (Å²) >= 11 is 0. The first kappa shape index (κ1) is 23.7. The van der Waals surface area contributed by atoms with Gasteiger partial charge in [0.1, 0.15) is 12.2 Å². The van der Waals surface area contributed by atoms with Crippen LogP contribution in [-0.4, -0.2) is 55.1 Å². The van der Waals surface area contributed by atoms with Gasteiger partial charge in [-0.25, -0.2) is 4.39 Å². The number of alkyl halides is 1. The normalized spacial score (nSPS) is 21.7. The Morgan fingerprint density at radius 1 is 1.06 bits per heavy atom. The highest BCUT2D eigenvalue weighted by Crippen LogP contribution is 2.29. The number of likely N-dealkylation sites (tertiary alicyclic amines) is 1. The molecule has 4 N–H and O–H groups in total. The maximum absolute atomic E-state index is 14.3. The van der Waals surface area contributed by atoms with Crippen LogP contribution in [0.25, 0.3) is 0 Å². The maximum atomic E-state index is 14.3. The molecule has 3 rings (SSSR count). The number of carbonyl (C=O) groups is 2. The molecule has 2 aliphatic heterocycles. The molecule has 1 aromatic rings. The van der Waals surface area contributed by atoms with E-state index in [4.69, 9.17) is 5.73 Å². The smallest absolute Gasteiger partial charge is 0.249 e. The molecular weight excluding hydrogens is 395 g/mol. The second-order valence-corrected chi connectivity index (χ2v) is 8.93. The van der Waals surface area contributed by atoms with Crippen LogP contribution in [0.3, 0.4) is 0 Å². The predicted molar refractivity (Wildman–Crippen MR) is 122 cm³/mol. The Balaban J connectivity index is 1.37. The van der Waals surface area contributed by atoms with E-state index in [0.717, 1.165) is 63.8 Å². The number of hydrogen-bond donors (Lipinski definition) is 3. The highest BCUT2D eigenvalue weighted by molar-refractivity contribution is 6.01. The Labute approximate surface area is 185 Å². The number of halogens is 1.